The van der Waals surface area contributed by atoms with Crippen LogP contribution in [-0.4, -0.2) is 37.0 Å². The molecule has 1 saturated heterocycles. The Morgan fingerprint density at radius 1 is 1.36 bits per heavy atom. The van der Waals surface area contributed by atoms with Crippen molar-refractivity contribution in [2.75, 3.05) is 17.6 Å². The first kappa shape index (κ1) is 19.7. The van der Waals surface area contributed by atoms with Crippen LogP contribution in [0.2, 0.25) is 0 Å². The molecule has 1 aromatic rings. The number of nitrogens with one attached hydrogen (secondary N) is 1. The quantitative estimate of drug-likeness (QED) is 0.856. The van der Waals surface area contributed by atoms with Gasteiger partial charge in [-0.05, 0) is 43.9 Å². The average molecular weight is 378 g/mol. The molecule has 1 heterocycles. The normalized spacial score (nSPS) is 19.2. The van der Waals surface area contributed by atoms with E-state index < -0.39 is 33.7 Å². The lowest BCUT2D eigenvalue weighted by molar-refractivity contribution is -0.138. The topological polar surface area (TPSA) is 66.5 Å². The maximum atomic E-state index is 13.0. The van der Waals surface area contributed by atoms with Gasteiger partial charge in [0.25, 0.3) is 0 Å². The second-order valence-electron chi connectivity index (χ2n) is 6.10. The number of aryl methyl sites for hydroxylation is 1. The molecule has 0 aromatic heterocycles. The summed E-state index contributed by atoms with van der Waals surface area (Å²) < 4.78 is 64.5. The molecule has 0 bridgehead atoms. The molecule has 1 aromatic carbocycles. The third-order valence-electron chi connectivity index (χ3n) is 4.14. The maximum absolute atomic E-state index is 13.0. The molecule has 1 N–H and O–H groups in total. The van der Waals surface area contributed by atoms with E-state index in [0.29, 0.717) is 19.3 Å². The van der Waals surface area contributed by atoms with Crippen LogP contribution >= 0.6 is 0 Å². The van der Waals surface area contributed by atoms with Gasteiger partial charge in [0, 0.05) is 12.2 Å². The number of rotatable bonds is 5. The highest BCUT2D eigenvalue weighted by atomic mass is 32.2. The van der Waals surface area contributed by atoms with E-state index in [1.54, 1.807) is 6.92 Å². The number of nitrogens with zero attached hydrogens (tertiary/aromatic N) is 1. The van der Waals surface area contributed by atoms with Crippen LogP contribution in [0.15, 0.2) is 18.2 Å². The van der Waals surface area contributed by atoms with Crippen molar-refractivity contribution in [3.8, 4) is 0 Å². The number of amides is 1. The van der Waals surface area contributed by atoms with E-state index in [1.165, 1.54) is 19.1 Å². The number of carbonyl (C=O) groups is 1. The Kier molecular flexibility index (Phi) is 5.78. The Hall–Kier alpha value is -1.61. The smallest absolute Gasteiger partial charge is 0.325 e. The van der Waals surface area contributed by atoms with Crippen LogP contribution in [0, 0.1) is 6.92 Å². The lowest BCUT2D eigenvalue weighted by Crippen LogP contribution is -2.44. The number of anilines is 1. The summed E-state index contributed by atoms with van der Waals surface area (Å²) in [6.07, 6.45) is -3.19. The van der Waals surface area contributed by atoms with Crippen molar-refractivity contribution in [1.29, 1.82) is 0 Å². The number of hydrogen-bond donors (Lipinski definition) is 1. The van der Waals surface area contributed by atoms with Gasteiger partial charge >= 0.3 is 6.18 Å². The molecule has 0 aliphatic carbocycles. The summed E-state index contributed by atoms with van der Waals surface area (Å²) in [6.45, 7) is 3.32. The highest BCUT2D eigenvalue weighted by molar-refractivity contribution is 7.89. The number of sulfonamides is 1. The Morgan fingerprint density at radius 2 is 2.04 bits per heavy atom. The third-order valence-corrected chi connectivity index (χ3v) is 6.21. The summed E-state index contributed by atoms with van der Waals surface area (Å²) in [5, 5.41) is 2.42. The number of benzene rings is 1. The number of halogens is 3. The zero-order valence-corrected chi connectivity index (χ0v) is 14.9. The van der Waals surface area contributed by atoms with Crippen molar-refractivity contribution < 1.29 is 26.4 Å². The Morgan fingerprint density at radius 3 is 2.64 bits per heavy atom. The molecule has 140 valence electrons. The molecule has 25 heavy (non-hydrogen) atoms. The van der Waals surface area contributed by atoms with Crippen LogP contribution in [0.3, 0.4) is 0 Å². The molecule has 0 saturated carbocycles. The number of carbonyl (C=O) groups excluding carboxylic acids is 1. The maximum Gasteiger partial charge on any atom is 0.416 e. The summed E-state index contributed by atoms with van der Waals surface area (Å²) in [7, 11) is -3.54. The summed E-state index contributed by atoms with van der Waals surface area (Å²) in [5.74, 6) is -0.659. The predicted octanol–water partition coefficient (Wildman–Crippen LogP) is 3.16. The largest absolute Gasteiger partial charge is 0.416 e. The third kappa shape index (κ3) is 4.52. The van der Waals surface area contributed by atoms with Gasteiger partial charge < -0.3 is 5.32 Å². The minimum Gasteiger partial charge on any atom is -0.325 e. The van der Waals surface area contributed by atoms with Crippen LogP contribution in [0.4, 0.5) is 18.9 Å². The van der Waals surface area contributed by atoms with Gasteiger partial charge in [0.2, 0.25) is 15.9 Å². The van der Waals surface area contributed by atoms with E-state index in [0.717, 1.165) is 10.4 Å². The first-order valence-electron chi connectivity index (χ1n) is 8.04. The second kappa shape index (κ2) is 7.33. The van der Waals surface area contributed by atoms with Gasteiger partial charge in [-0.1, -0.05) is 13.0 Å². The number of alkyl halides is 3. The van der Waals surface area contributed by atoms with Gasteiger partial charge in [-0.15, -0.1) is 0 Å². The molecule has 1 aliphatic rings. The molecule has 1 unspecified atom stereocenters. The lowest BCUT2D eigenvalue weighted by Gasteiger charge is -2.23. The van der Waals surface area contributed by atoms with Gasteiger partial charge in [-0.2, -0.15) is 17.5 Å². The SMILES string of the molecule is CCCS(=O)(=O)N1CCCC1C(=O)Nc1ccc(C)c(C(F)(F)F)c1. The van der Waals surface area contributed by atoms with Gasteiger partial charge in [0.15, 0.2) is 0 Å². The zero-order chi connectivity index (χ0) is 18.8. The molecule has 0 spiro atoms. The molecule has 1 fully saturated rings. The minimum atomic E-state index is -4.52. The number of hydrogen-bond acceptors (Lipinski definition) is 3. The summed E-state index contributed by atoms with van der Waals surface area (Å²) in [6, 6.07) is 2.64. The van der Waals surface area contributed by atoms with Crippen LogP contribution in [-0.2, 0) is 21.0 Å². The first-order chi connectivity index (χ1) is 11.6. The van der Waals surface area contributed by atoms with E-state index in [-0.39, 0.29) is 23.5 Å². The molecule has 1 amide bonds. The summed E-state index contributed by atoms with van der Waals surface area (Å²) >= 11 is 0. The molecule has 9 heteroatoms. The molecular formula is C16H21F3N2O3S. The van der Waals surface area contributed by atoms with Crippen LogP contribution < -0.4 is 5.32 Å². The first-order valence-corrected chi connectivity index (χ1v) is 9.65. The van der Waals surface area contributed by atoms with Crippen molar-refractivity contribution in [1.82, 2.24) is 4.31 Å². The van der Waals surface area contributed by atoms with Gasteiger partial charge in [0.05, 0.1) is 11.3 Å². The summed E-state index contributed by atoms with van der Waals surface area (Å²) in [5.41, 5.74) is -0.770. The van der Waals surface area contributed by atoms with Gasteiger partial charge in [-0.25, -0.2) is 8.42 Å². The Balaban J connectivity index is 2.19. The van der Waals surface area contributed by atoms with E-state index in [4.69, 9.17) is 0 Å². The van der Waals surface area contributed by atoms with Crippen molar-refractivity contribution in [3.05, 3.63) is 29.3 Å². The molecule has 2 rings (SSSR count). The fourth-order valence-electron chi connectivity index (χ4n) is 2.94. The molecule has 0 radical (unpaired) electrons. The predicted molar refractivity (Wildman–Crippen MR) is 88.6 cm³/mol. The fraction of sp³-hybridized carbons (Fsp3) is 0.562. The minimum absolute atomic E-state index is 0.00247. The standard InChI is InChI=1S/C16H21F3N2O3S/c1-3-9-25(23,24)21-8-4-5-14(21)15(22)20-12-7-6-11(2)13(10-12)16(17,18)19/h6-7,10,14H,3-5,8-9H2,1-2H3,(H,20,22). The van der Waals surface area contributed by atoms with E-state index in [2.05, 4.69) is 5.32 Å². The molecular weight excluding hydrogens is 357 g/mol. The lowest BCUT2D eigenvalue weighted by atomic mass is 10.1. The van der Waals surface area contributed by atoms with Crippen LogP contribution in [0.5, 0.6) is 0 Å². The van der Waals surface area contributed by atoms with E-state index >= 15 is 0 Å². The Labute approximate surface area is 145 Å². The monoisotopic (exact) mass is 378 g/mol. The highest BCUT2D eigenvalue weighted by Gasteiger charge is 2.38. The molecule has 1 aliphatic heterocycles. The summed E-state index contributed by atoms with van der Waals surface area (Å²) in [4.78, 5) is 12.4. The second-order valence-corrected chi connectivity index (χ2v) is 8.14. The highest BCUT2D eigenvalue weighted by Crippen LogP contribution is 2.33. The van der Waals surface area contributed by atoms with Crippen LogP contribution in [0.1, 0.15) is 37.3 Å². The molecule has 5 nitrogen and oxygen atoms in total. The van der Waals surface area contributed by atoms with Crippen molar-refractivity contribution >= 4 is 21.6 Å². The average Bonchev–Trinajstić information content (AvgIpc) is 2.98. The van der Waals surface area contributed by atoms with E-state index in [9.17, 15) is 26.4 Å². The fourth-order valence-corrected chi connectivity index (χ4v) is 4.69. The van der Waals surface area contributed by atoms with Crippen LogP contribution in [0.25, 0.3) is 0 Å². The molecule has 1 atom stereocenters. The van der Waals surface area contributed by atoms with Crippen molar-refractivity contribution in [2.45, 2.75) is 45.3 Å². The van der Waals surface area contributed by atoms with Crippen molar-refractivity contribution in [3.63, 3.8) is 0 Å². The zero-order valence-electron chi connectivity index (χ0n) is 14.1. The van der Waals surface area contributed by atoms with Gasteiger partial charge in [-0.3, -0.25) is 4.79 Å². The van der Waals surface area contributed by atoms with E-state index in [1.807, 2.05) is 0 Å². The van der Waals surface area contributed by atoms with Crippen molar-refractivity contribution in [2.24, 2.45) is 0 Å². The Bertz CT molecular complexity index is 747. The van der Waals surface area contributed by atoms with Gasteiger partial charge in [0.1, 0.15) is 6.04 Å².